The van der Waals surface area contributed by atoms with Crippen molar-refractivity contribution in [2.75, 3.05) is 0 Å². The van der Waals surface area contributed by atoms with Crippen molar-refractivity contribution in [3.8, 4) is 16.9 Å². The van der Waals surface area contributed by atoms with Crippen molar-refractivity contribution in [1.82, 2.24) is 4.57 Å². The first-order valence-electron chi connectivity index (χ1n) is 11.5. The number of para-hydroxylation sites is 1. The molecule has 0 radical (unpaired) electrons. The number of ketones is 1. The number of thiazole rings is 1. The number of aromatic nitrogens is 1. The first-order chi connectivity index (χ1) is 16.1. The number of hydrogen-bond donors (Lipinski definition) is 0. The lowest BCUT2D eigenvalue weighted by Gasteiger charge is -2.30. The third-order valence-corrected chi connectivity index (χ3v) is 6.55. The maximum absolute atomic E-state index is 13.2. The van der Waals surface area contributed by atoms with Gasteiger partial charge in [0.05, 0.1) is 11.4 Å². The molecule has 0 fully saturated rings. The van der Waals surface area contributed by atoms with E-state index in [1.54, 1.807) is 11.3 Å². The molecule has 1 heterocycles. The lowest BCUT2D eigenvalue weighted by Crippen LogP contribution is -2.29. The number of carbonyl (C=O) groups is 1. The molecule has 34 heavy (non-hydrogen) atoms. The van der Waals surface area contributed by atoms with Gasteiger partial charge < -0.3 is 0 Å². The normalized spacial score (nSPS) is 15.3. The highest BCUT2D eigenvalue weighted by molar-refractivity contribution is 7.07. The molecule has 0 bridgehead atoms. The van der Waals surface area contributed by atoms with E-state index in [4.69, 9.17) is 0 Å². The SMILES string of the molecule is CC(C)(C)C1=CC(=N/N=c2/scc(-c3ccccc3)n2-c2ccccc2)C=C(C(C)(C)C)C1=O. The summed E-state index contributed by atoms with van der Waals surface area (Å²) in [5, 5.41) is 11.4. The maximum Gasteiger partial charge on any atom is 0.215 e. The molecule has 5 heteroatoms. The average Bonchev–Trinajstić information content (AvgIpc) is 3.22. The van der Waals surface area contributed by atoms with E-state index in [1.165, 1.54) is 0 Å². The molecule has 0 saturated heterocycles. The summed E-state index contributed by atoms with van der Waals surface area (Å²) in [6.45, 7) is 12.4. The second-order valence-corrected chi connectivity index (χ2v) is 11.3. The molecule has 0 amide bonds. The summed E-state index contributed by atoms with van der Waals surface area (Å²) in [7, 11) is 0. The van der Waals surface area contributed by atoms with Crippen LogP contribution in [0.5, 0.6) is 0 Å². The smallest absolute Gasteiger partial charge is 0.215 e. The predicted molar refractivity (Wildman–Crippen MR) is 142 cm³/mol. The van der Waals surface area contributed by atoms with E-state index in [0.717, 1.165) is 32.9 Å². The highest BCUT2D eigenvalue weighted by atomic mass is 32.1. The Morgan fingerprint density at radius 3 is 1.79 bits per heavy atom. The topological polar surface area (TPSA) is 46.7 Å². The fourth-order valence-corrected chi connectivity index (χ4v) is 4.76. The molecule has 0 saturated carbocycles. The average molecular weight is 470 g/mol. The van der Waals surface area contributed by atoms with Gasteiger partial charge >= 0.3 is 0 Å². The van der Waals surface area contributed by atoms with Crippen LogP contribution in [-0.2, 0) is 4.79 Å². The van der Waals surface area contributed by atoms with Crippen LogP contribution in [0.15, 0.2) is 99.5 Å². The lowest BCUT2D eigenvalue weighted by atomic mass is 9.72. The van der Waals surface area contributed by atoms with Crippen LogP contribution in [0, 0.1) is 10.8 Å². The molecule has 1 aliphatic rings. The van der Waals surface area contributed by atoms with Gasteiger partial charge in [0.2, 0.25) is 4.80 Å². The molecule has 174 valence electrons. The van der Waals surface area contributed by atoms with Gasteiger partial charge in [-0.25, -0.2) is 0 Å². The van der Waals surface area contributed by atoms with Crippen molar-refractivity contribution in [1.29, 1.82) is 0 Å². The molecule has 0 atom stereocenters. The number of rotatable bonds is 3. The van der Waals surface area contributed by atoms with Crippen LogP contribution < -0.4 is 4.80 Å². The molecule has 4 rings (SSSR count). The summed E-state index contributed by atoms with van der Waals surface area (Å²) in [4.78, 5) is 14.0. The van der Waals surface area contributed by atoms with Crippen molar-refractivity contribution in [2.45, 2.75) is 41.5 Å². The Morgan fingerprint density at radius 1 is 0.735 bits per heavy atom. The Balaban J connectivity index is 1.90. The second kappa shape index (κ2) is 9.15. The molecule has 0 spiro atoms. The standard InChI is InChI=1S/C29H31N3OS/c1-28(2,3)23-17-21(18-24(26(23)33)29(4,5)6)30-31-27-32(22-15-11-8-12-16-22)25(19-34-27)20-13-9-7-10-14-20/h7-19H,1-6H3/b31-27+. The Kier molecular flexibility index (Phi) is 6.41. The predicted octanol–water partition coefficient (Wildman–Crippen LogP) is 6.99. The third-order valence-electron chi connectivity index (χ3n) is 5.73. The van der Waals surface area contributed by atoms with Crippen LogP contribution in [0.1, 0.15) is 41.5 Å². The molecule has 0 N–H and O–H groups in total. The summed E-state index contributed by atoms with van der Waals surface area (Å²) >= 11 is 1.55. The van der Waals surface area contributed by atoms with Gasteiger partial charge in [-0.1, -0.05) is 90.1 Å². The third kappa shape index (κ3) is 4.95. The van der Waals surface area contributed by atoms with Gasteiger partial charge in [0.15, 0.2) is 5.78 Å². The lowest BCUT2D eigenvalue weighted by molar-refractivity contribution is -0.114. The van der Waals surface area contributed by atoms with Gasteiger partial charge in [-0.05, 0) is 40.7 Å². The zero-order chi connectivity index (χ0) is 24.5. The van der Waals surface area contributed by atoms with Crippen LogP contribution in [0.2, 0.25) is 0 Å². The summed E-state index contributed by atoms with van der Waals surface area (Å²) < 4.78 is 2.13. The number of allylic oxidation sites excluding steroid dienone is 4. The van der Waals surface area contributed by atoms with Crippen LogP contribution in [0.3, 0.4) is 0 Å². The van der Waals surface area contributed by atoms with Gasteiger partial charge in [0.1, 0.15) is 0 Å². The van der Waals surface area contributed by atoms with Gasteiger partial charge in [0.25, 0.3) is 0 Å². The van der Waals surface area contributed by atoms with E-state index in [0.29, 0.717) is 5.71 Å². The molecule has 0 aliphatic heterocycles. The molecular weight excluding hydrogens is 438 g/mol. The number of Topliss-reactive ketones (excluding diaryl/α,β-unsaturated/α-hetero) is 1. The highest BCUT2D eigenvalue weighted by Crippen LogP contribution is 2.37. The minimum atomic E-state index is -0.282. The van der Waals surface area contributed by atoms with Crippen molar-refractivity contribution in [2.24, 2.45) is 21.0 Å². The van der Waals surface area contributed by atoms with Crippen molar-refractivity contribution >= 4 is 22.8 Å². The zero-order valence-corrected chi connectivity index (χ0v) is 21.5. The highest BCUT2D eigenvalue weighted by Gasteiger charge is 2.34. The number of nitrogens with zero attached hydrogens (tertiary/aromatic N) is 3. The summed E-state index contributed by atoms with van der Waals surface area (Å²) in [5.74, 6) is 0.0980. The second-order valence-electron chi connectivity index (χ2n) is 10.5. The quantitative estimate of drug-likeness (QED) is 0.301. The van der Waals surface area contributed by atoms with Gasteiger partial charge in [-0.3, -0.25) is 9.36 Å². The Hall–Kier alpha value is -3.31. The Bertz CT molecular complexity index is 1320. The summed E-state index contributed by atoms with van der Waals surface area (Å²) in [6, 6.07) is 20.5. The minimum Gasteiger partial charge on any atom is -0.289 e. The van der Waals surface area contributed by atoms with E-state index < -0.39 is 0 Å². The van der Waals surface area contributed by atoms with Gasteiger partial charge in [0, 0.05) is 22.2 Å². The van der Waals surface area contributed by atoms with E-state index in [2.05, 4.69) is 86.0 Å². The zero-order valence-electron chi connectivity index (χ0n) is 20.7. The van der Waals surface area contributed by atoms with Crippen LogP contribution in [0.25, 0.3) is 16.9 Å². The molecule has 2 aromatic carbocycles. The van der Waals surface area contributed by atoms with Gasteiger partial charge in [-0.15, -0.1) is 21.5 Å². The van der Waals surface area contributed by atoms with Crippen LogP contribution in [-0.4, -0.2) is 16.1 Å². The van der Waals surface area contributed by atoms with Crippen molar-refractivity contribution < 1.29 is 4.79 Å². The number of benzene rings is 2. The van der Waals surface area contributed by atoms with E-state index in [-0.39, 0.29) is 16.6 Å². The molecule has 3 aromatic rings. The summed E-state index contributed by atoms with van der Waals surface area (Å²) in [5.41, 5.74) is 4.87. The van der Waals surface area contributed by atoms with E-state index >= 15 is 0 Å². The molecule has 4 nitrogen and oxygen atoms in total. The molecule has 1 aliphatic carbocycles. The van der Waals surface area contributed by atoms with Crippen LogP contribution >= 0.6 is 11.3 Å². The first-order valence-corrected chi connectivity index (χ1v) is 12.4. The van der Waals surface area contributed by atoms with Crippen molar-refractivity contribution in [3.63, 3.8) is 0 Å². The van der Waals surface area contributed by atoms with Crippen LogP contribution in [0.4, 0.5) is 0 Å². The Labute approximate surface area is 205 Å². The number of hydrogen-bond acceptors (Lipinski definition) is 4. The van der Waals surface area contributed by atoms with E-state index in [9.17, 15) is 4.79 Å². The first kappa shape index (κ1) is 23.8. The van der Waals surface area contributed by atoms with Crippen molar-refractivity contribution in [3.05, 3.63) is 94.1 Å². The van der Waals surface area contributed by atoms with E-state index in [1.807, 2.05) is 48.6 Å². The fourth-order valence-electron chi connectivity index (χ4n) is 3.90. The molecular formula is C29H31N3OS. The minimum absolute atomic E-state index is 0.0980. The molecule has 1 aromatic heterocycles. The monoisotopic (exact) mass is 469 g/mol. The number of carbonyl (C=O) groups excluding carboxylic acids is 1. The maximum atomic E-state index is 13.2. The fraction of sp³-hybridized carbons (Fsp3) is 0.276. The molecule has 0 unspecified atom stereocenters. The Morgan fingerprint density at radius 2 is 1.26 bits per heavy atom. The largest absolute Gasteiger partial charge is 0.289 e. The summed E-state index contributed by atoms with van der Waals surface area (Å²) in [6.07, 6.45) is 3.78. The van der Waals surface area contributed by atoms with Gasteiger partial charge in [-0.2, -0.15) is 0 Å².